The van der Waals surface area contributed by atoms with E-state index in [0.29, 0.717) is 51.6 Å². The third-order valence-corrected chi connectivity index (χ3v) is 5.58. The van der Waals surface area contributed by atoms with Gasteiger partial charge in [-0.3, -0.25) is 14.5 Å². The summed E-state index contributed by atoms with van der Waals surface area (Å²) in [6.45, 7) is 2.61. The maximum atomic E-state index is 13.0. The fourth-order valence-electron chi connectivity index (χ4n) is 3.76. The van der Waals surface area contributed by atoms with E-state index >= 15 is 0 Å². The summed E-state index contributed by atoms with van der Waals surface area (Å²) in [6, 6.07) is 11.0. The summed E-state index contributed by atoms with van der Waals surface area (Å²) in [5.74, 6) is 0.0358. The number of hydrogen-bond donors (Lipinski definition) is 1. The number of benzene rings is 1. The van der Waals surface area contributed by atoms with E-state index < -0.39 is 11.9 Å². The average Bonchev–Trinajstić information content (AvgIpc) is 3.46. The van der Waals surface area contributed by atoms with Gasteiger partial charge in [0, 0.05) is 33.2 Å². The second-order valence-corrected chi connectivity index (χ2v) is 8.04. The van der Waals surface area contributed by atoms with Gasteiger partial charge in [-0.25, -0.2) is 14.3 Å². The van der Waals surface area contributed by atoms with Crippen LogP contribution < -0.4 is 10.2 Å². The minimum absolute atomic E-state index is 0.0316. The lowest BCUT2D eigenvalue weighted by atomic mass is 10.2. The predicted octanol–water partition coefficient (Wildman–Crippen LogP) is 0.894. The van der Waals surface area contributed by atoms with E-state index in [1.807, 2.05) is 36.4 Å². The number of amides is 2. The van der Waals surface area contributed by atoms with Crippen molar-refractivity contribution >= 4 is 17.6 Å². The summed E-state index contributed by atoms with van der Waals surface area (Å²) in [5, 5.41) is 11.6. The van der Waals surface area contributed by atoms with Crippen molar-refractivity contribution in [2.24, 2.45) is 0 Å². The van der Waals surface area contributed by atoms with Gasteiger partial charge in [-0.1, -0.05) is 30.3 Å². The van der Waals surface area contributed by atoms with Crippen molar-refractivity contribution in [3.05, 3.63) is 59.8 Å². The van der Waals surface area contributed by atoms with E-state index in [1.165, 1.54) is 11.2 Å². The maximum Gasteiger partial charge on any atom is 0.291 e. The summed E-state index contributed by atoms with van der Waals surface area (Å²) >= 11 is 0. The quantitative estimate of drug-likeness (QED) is 0.440. The fourth-order valence-corrected chi connectivity index (χ4v) is 3.76. The van der Waals surface area contributed by atoms with Crippen LogP contribution in [0, 0.1) is 0 Å². The number of fused-ring (bicyclic) bond motifs is 1. The molecule has 0 aliphatic carbocycles. The van der Waals surface area contributed by atoms with Crippen molar-refractivity contribution in [1.29, 1.82) is 0 Å². The molecule has 1 aliphatic rings. The van der Waals surface area contributed by atoms with Crippen molar-refractivity contribution in [3.8, 4) is 0 Å². The average molecular weight is 468 g/mol. The summed E-state index contributed by atoms with van der Waals surface area (Å²) in [7, 11) is 3.32. The number of hydrogen-bond acceptors (Lipinski definition) is 7. The normalized spacial score (nSPS) is 15.8. The first-order valence-electron chi connectivity index (χ1n) is 11.2. The van der Waals surface area contributed by atoms with Gasteiger partial charge >= 0.3 is 0 Å². The minimum Gasteiger partial charge on any atom is -0.382 e. The standard InChI is InChI=1S/C23H29N7O4/c1-28-20-14-18(9-11-34-13-12-33-2)26-30(20)10-8-19(23(28)32)25-22(31)21-24-16-29(27-21)15-17-6-4-3-5-7-17/h3-7,14,16,19H,8-13,15H2,1-2H3,(H,25,31). The van der Waals surface area contributed by atoms with Gasteiger partial charge in [0.05, 0.1) is 32.1 Å². The van der Waals surface area contributed by atoms with Crippen LogP contribution in [0.1, 0.15) is 28.3 Å². The van der Waals surface area contributed by atoms with Crippen molar-refractivity contribution in [1.82, 2.24) is 29.9 Å². The molecule has 2 aromatic heterocycles. The zero-order valence-electron chi connectivity index (χ0n) is 19.4. The first-order valence-corrected chi connectivity index (χ1v) is 11.2. The molecular weight excluding hydrogens is 438 g/mol. The Morgan fingerprint density at radius 1 is 1.18 bits per heavy atom. The number of aryl methyl sites for hydroxylation is 1. The molecule has 0 saturated carbocycles. The van der Waals surface area contributed by atoms with E-state index in [9.17, 15) is 9.59 Å². The smallest absolute Gasteiger partial charge is 0.291 e. The third kappa shape index (κ3) is 5.67. The van der Waals surface area contributed by atoms with Crippen LogP contribution in [0.15, 0.2) is 42.7 Å². The van der Waals surface area contributed by atoms with Gasteiger partial charge < -0.3 is 14.8 Å². The van der Waals surface area contributed by atoms with Crippen LogP contribution >= 0.6 is 0 Å². The first-order chi connectivity index (χ1) is 16.5. The van der Waals surface area contributed by atoms with Gasteiger partial charge in [-0.05, 0) is 12.0 Å². The summed E-state index contributed by atoms with van der Waals surface area (Å²) < 4.78 is 13.9. The number of methoxy groups -OCH3 is 1. The van der Waals surface area contributed by atoms with Gasteiger partial charge in [-0.2, -0.15) is 5.10 Å². The molecule has 0 fully saturated rings. The Labute approximate surface area is 197 Å². The molecule has 1 aromatic carbocycles. The number of likely N-dealkylation sites (N-methyl/N-ethyl adjacent to an activating group) is 1. The predicted molar refractivity (Wildman–Crippen MR) is 123 cm³/mol. The molecule has 3 heterocycles. The van der Waals surface area contributed by atoms with Crippen LogP contribution in [0.25, 0.3) is 0 Å². The molecule has 1 aliphatic heterocycles. The number of ether oxygens (including phenoxy) is 2. The number of rotatable bonds is 10. The highest BCUT2D eigenvalue weighted by atomic mass is 16.5. The minimum atomic E-state index is -0.693. The summed E-state index contributed by atoms with van der Waals surface area (Å²) in [6.07, 6.45) is 2.57. The molecule has 180 valence electrons. The molecule has 0 spiro atoms. The van der Waals surface area contributed by atoms with Crippen LogP contribution in [0.3, 0.4) is 0 Å². The molecule has 0 radical (unpaired) electrons. The molecule has 1 atom stereocenters. The summed E-state index contributed by atoms with van der Waals surface area (Å²) in [5.41, 5.74) is 1.90. The van der Waals surface area contributed by atoms with E-state index in [2.05, 4.69) is 20.5 Å². The zero-order chi connectivity index (χ0) is 23.9. The van der Waals surface area contributed by atoms with Crippen LogP contribution in [0.5, 0.6) is 0 Å². The van der Waals surface area contributed by atoms with E-state index in [4.69, 9.17) is 9.47 Å². The second kappa shape index (κ2) is 11.0. The van der Waals surface area contributed by atoms with E-state index in [0.717, 1.165) is 11.3 Å². The van der Waals surface area contributed by atoms with Crippen molar-refractivity contribution in [3.63, 3.8) is 0 Å². The lowest BCUT2D eigenvalue weighted by Gasteiger charge is -2.19. The van der Waals surface area contributed by atoms with Crippen molar-refractivity contribution in [2.45, 2.75) is 32.0 Å². The maximum absolute atomic E-state index is 13.0. The summed E-state index contributed by atoms with van der Waals surface area (Å²) in [4.78, 5) is 31.4. The lowest BCUT2D eigenvalue weighted by molar-refractivity contribution is -0.120. The second-order valence-electron chi connectivity index (χ2n) is 8.04. The number of carbonyl (C=O) groups is 2. The van der Waals surface area contributed by atoms with Crippen LogP contribution in [-0.2, 0) is 33.8 Å². The van der Waals surface area contributed by atoms with Gasteiger partial charge in [0.25, 0.3) is 11.8 Å². The van der Waals surface area contributed by atoms with Crippen LogP contribution in [-0.4, -0.2) is 76.4 Å². The van der Waals surface area contributed by atoms with Crippen LogP contribution in [0.2, 0.25) is 0 Å². The molecule has 0 saturated heterocycles. The number of nitrogens with zero attached hydrogens (tertiary/aromatic N) is 6. The Hall–Kier alpha value is -3.57. The number of anilines is 1. The number of aromatic nitrogens is 5. The molecule has 0 bridgehead atoms. The Kier molecular flexibility index (Phi) is 7.65. The molecule has 11 heteroatoms. The lowest BCUT2D eigenvalue weighted by Crippen LogP contribution is -2.47. The monoisotopic (exact) mass is 467 g/mol. The third-order valence-electron chi connectivity index (χ3n) is 5.58. The molecule has 4 rings (SSSR count). The molecule has 1 N–H and O–H groups in total. The Morgan fingerprint density at radius 3 is 2.79 bits per heavy atom. The molecule has 3 aromatic rings. The zero-order valence-corrected chi connectivity index (χ0v) is 19.4. The van der Waals surface area contributed by atoms with Gasteiger partial charge in [-0.15, -0.1) is 5.10 Å². The highest BCUT2D eigenvalue weighted by Crippen LogP contribution is 2.21. The van der Waals surface area contributed by atoms with E-state index in [-0.39, 0.29) is 11.7 Å². The SMILES string of the molecule is COCCOCCc1cc2n(n1)CCC(NC(=O)c1ncn(Cc3ccccc3)n1)C(=O)N2C. The topological polar surface area (TPSA) is 116 Å². The van der Waals surface area contributed by atoms with Crippen molar-refractivity contribution in [2.75, 3.05) is 38.9 Å². The van der Waals surface area contributed by atoms with Gasteiger partial charge in [0.1, 0.15) is 18.2 Å². The highest BCUT2D eigenvalue weighted by molar-refractivity contribution is 6.00. The number of carbonyl (C=O) groups excluding carboxylic acids is 2. The molecule has 1 unspecified atom stereocenters. The number of nitrogens with one attached hydrogen (secondary N) is 1. The Balaban J connectivity index is 1.34. The molecule has 2 amide bonds. The highest BCUT2D eigenvalue weighted by Gasteiger charge is 2.31. The van der Waals surface area contributed by atoms with Crippen molar-refractivity contribution < 1.29 is 19.1 Å². The Bertz CT molecular complexity index is 1110. The van der Waals surface area contributed by atoms with E-state index in [1.54, 1.807) is 23.5 Å². The van der Waals surface area contributed by atoms with Crippen LogP contribution in [0.4, 0.5) is 5.82 Å². The Morgan fingerprint density at radius 2 is 2.00 bits per heavy atom. The first kappa shape index (κ1) is 23.6. The molecule has 11 nitrogen and oxygen atoms in total. The van der Waals surface area contributed by atoms with Gasteiger partial charge in [0.2, 0.25) is 5.82 Å². The van der Waals surface area contributed by atoms with Gasteiger partial charge in [0.15, 0.2) is 0 Å². The largest absolute Gasteiger partial charge is 0.382 e. The fraction of sp³-hybridized carbons (Fsp3) is 0.435. The molecular formula is C23H29N7O4. The molecule has 34 heavy (non-hydrogen) atoms.